The van der Waals surface area contributed by atoms with Crippen LogP contribution in [-0.2, 0) is 16.0 Å². The van der Waals surface area contributed by atoms with Crippen LogP contribution >= 0.6 is 0 Å². The number of para-hydroxylation sites is 1. The van der Waals surface area contributed by atoms with Crippen molar-refractivity contribution in [2.45, 2.75) is 46.1 Å². The molecule has 0 aliphatic carbocycles. The van der Waals surface area contributed by atoms with E-state index in [1.165, 1.54) is 5.56 Å². The van der Waals surface area contributed by atoms with Crippen molar-refractivity contribution in [2.24, 2.45) is 0 Å². The summed E-state index contributed by atoms with van der Waals surface area (Å²) in [7, 11) is 0. The van der Waals surface area contributed by atoms with Crippen LogP contribution in [0.2, 0.25) is 0 Å². The quantitative estimate of drug-likeness (QED) is 0.874. The molecule has 0 bridgehead atoms. The molecule has 0 saturated carbocycles. The molecule has 1 aromatic carbocycles. The molecule has 1 aromatic rings. The summed E-state index contributed by atoms with van der Waals surface area (Å²) in [5.74, 6) is 0.125. The SMILES string of the molecule is CCc1cccc(C)c1NCC(=O)NC1CCN(C(C)=O)CC1. The Bertz CT molecular complexity index is 563. The first-order chi connectivity index (χ1) is 11.0. The summed E-state index contributed by atoms with van der Waals surface area (Å²) in [5.41, 5.74) is 3.45. The summed E-state index contributed by atoms with van der Waals surface area (Å²) in [6.07, 6.45) is 2.60. The molecule has 1 aliphatic heterocycles. The highest BCUT2D eigenvalue weighted by Gasteiger charge is 2.21. The summed E-state index contributed by atoms with van der Waals surface area (Å²) in [4.78, 5) is 25.3. The van der Waals surface area contributed by atoms with Gasteiger partial charge in [0.1, 0.15) is 0 Å². The monoisotopic (exact) mass is 317 g/mol. The van der Waals surface area contributed by atoms with Gasteiger partial charge in [-0.2, -0.15) is 0 Å². The fourth-order valence-electron chi connectivity index (χ4n) is 3.06. The molecule has 5 heteroatoms. The molecule has 2 rings (SSSR count). The molecule has 23 heavy (non-hydrogen) atoms. The number of carbonyl (C=O) groups is 2. The molecule has 0 unspecified atom stereocenters. The molecule has 1 aliphatic rings. The zero-order chi connectivity index (χ0) is 16.8. The topological polar surface area (TPSA) is 61.4 Å². The van der Waals surface area contributed by atoms with Gasteiger partial charge >= 0.3 is 0 Å². The van der Waals surface area contributed by atoms with Gasteiger partial charge in [-0.05, 0) is 37.3 Å². The van der Waals surface area contributed by atoms with Crippen molar-refractivity contribution in [3.05, 3.63) is 29.3 Å². The molecule has 1 fully saturated rings. The summed E-state index contributed by atoms with van der Waals surface area (Å²) in [6.45, 7) is 7.50. The number of nitrogens with one attached hydrogen (secondary N) is 2. The second kappa shape index (κ2) is 7.99. The lowest BCUT2D eigenvalue weighted by molar-refractivity contribution is -0.130. The van der Waals surface area contributed by atoms with Gasteiger partial charge in [0.15, 0.2) is 0 Å². The standard InChI is InChI=1S/C18H27N3O2/c1-4-15-7-5-6-13(2)18(15)19-12-17(23)20-16-8-10-21(11-9-16)14(3)22/h5-7,16,19H,4,8-12H2,1-3H3,(H,20,23). The van der Waals surface area contributed by atoms with Crippen molar-refractivity contribution >= 4 is 17.5 Å². The molecule has 126 valence electrons. The van der Waals surface area contributed by atoms with Crippen LogP contribution in [0.15, 0.2) is 18.2 Å². The average molecular weight is 317 g/mol. The third kappa shape index (κ3) is 4.71. The van der Waals surface area contributed by atoms with Crippen LogP contribution in [0, 0.1) is 6.92 Å². The van der Waals surface area contributed by atoms with E-state index in [2.05, 4.69) is 36.6 Å². The third-order valence-corrected chi connectivity index (χ3v) is 4.47. The molecule has 1 heterocycles. The predicted octanol–water partition coefficient (Wildman–Crippen LogP) is 2.10. The van der Waals surface area contributed by atoms with Gasteiger partial charge in [0, 0.05) is 31.7 Å². The Hall–Kier alpha value is -2.04. The van der Waals surface area contributed by atoms with Crippen LogP contribution < -0.4 is 10.6 Å². The Kier molecular flexibility index (Phi) is 6.02. The molecule has 1 saturated heterocycles. The van der Waals surface area contributed by atoms with Gasteiger partial charge in [-0.3, -0.25) is 9.59 Å². The molecular weight excluding hydrogens is 290 g/mol. The first-order valence-electron chi connectivity index (χ1n) is 8.38. The van der Waals surface area contributed by atoms with Crippen LogP contribution in [0.4, 0.5) is 5.69 Å². The van der Waals surface area contributed by atoms with Crippen LogP contribution in [0.3, 0.4) is 0 Å². The number of likely N-dealkylation sites (tertiary alicyclic amines) is 1. The van der Waals surface area contributed by atoms with Crippen LogP contribution in [0.1, 0.15) is 37.8 Å². The van der Waals surface area contributed by atoms with Gasteiger partial charge in [-0.15, -0.1) is 0 Å². The molecule has 2 amide bonds. The van der Waals surface area contributed by atoms with E-state index in [0.29, 0.717) is 0 Å². The van der Waals surface area contributed by atoms with E-state index in [4.69, 9.17) is 0 Å². The number of benzene rings is 1. The molecule has 0 atom stereocenters. The smallest absolute Gasteiger partial charge is 0.239 e. The van der Waals surface area contributed by atoms with Crippen molar-refractivity contribution in [1.82, 2.24) is 10.2 Å². The van der Waals surface area contributed by atoms with Crippen molar-refractivity contribution in [3.8, 4) is 0 Å². The number of amides is 2. The van der Waals surface area contributed by atoms with Gasteiger partial charge in [0.25, 0.3) is 0 Å². The van der Waals surface area contributed by atoms with E-state index in [1.807, 2.05) is 11.0 Å². The Morgan fingerprint density at radius 3 is 2.57 bits per heavy atom. The van der Waals surface area contributed by atoms with Crippen molar-refractivity contribution in [3.63, 3.8) is 0 Å². The summed E-state index contributed by atoms with van der Waals surface area (Å²) in [6, 6.07) is 6.35. The Morgan fingerprint density at radius 1 is 1.26 bits per heavy atom. The highest BCUT2D eigenvalue weighted by Crippen LogP contribution is 2.20. The number of piperidine rings is 1. The minimum atomic E-state index is 0.0107. The third-order valence-electron chi connectivity index (χ3n) is 4.47. The zero-order valence-corrected chi connectivity index (χ0v) is 14.3. The number of carbonyl (C=O) groups excluding carboxylic acids is 2. The normalized spacial score (nSPS) is 15.3. The maximum absolute atomic E-state index is 12.2. The largest absolute Gasteiger partial charge is 0.376 e. The van der Waals surface area contributed by atoms with Crippen molar-refractivity contribution in [2.75, 3.05) is 25.0 Å². The molecule has 0 aromatic heterocycles. The molecule has 0 radical (unpaired) electrons. The second-order valence-corrected chi connectivity index (χ2v) is 6.16. The van der Waals surface area contributed by atoms with Gasteiger partial charge in [0.2, 0.25) is 11.8 Å². The summed E-state index contributed by atoms with van der Waals surface area (Å²) in [5, 5.41) is 6.34. The highest BCUT2D eigenvalue weighted by molar-refractivity contribution is 5.81. The number of anilines is 1. The number of aryl methyl sites for hydroxylation is 2. The van der Waals surface area contributed by atoms with Gasteiger partial charge in [-0.1, -0.05) is 25.1 Å². The van der Waals surface area contributed by atoms with Gasteiger partial charge < -0.3 is 15.5 Å². The van der Waals surface area contributed by atoms with Gasteiger partial charge in [0.05, 0.1) is 6.54 Å². The minimum absolute atomic E-state index is 0.0107. The van der Waals surface area contributed by atoms with Crippen LogP contribution in [0.5, 0.6) is 0 Å². The first kappa shape index (κ1) is 17.3. The first-order valence-corrected chi connectivity index (χ1v) is 8.38. The van der Waals surface area contributed by atoms with Crippen molar-refractivity contribution < 1.29 is 9.59 Å². The number of hydrogen-bond acceptors (Lipinski definition) is 3. The van der Waals surface area contributed by atoms with Crippen LogP contribution in [-0.4, -0.2) is 42.4 Å². The zero-order valence-electron chi connectivity index (χ0n) is 14.3. The van der Waals surface area contributed by atoms with E-state index in [0.717, 1.165) is 43.6 Å². The molecule has 2 N–H and O–H groups in total. The Balaban J connectivity index is 1.81. The fraction of sp³-hybridized carbons (Fsp3) is 0.556. The number of nitrogens with zero attached hydrogens (tertiary/aromatic N) is 1. The lowest BCUT2D eigenvalue weighted by atomic mass is 10.0. The molecule has 5 nitrogen and oxygen atoms in total. The molecule has 0 spiro atoms. The fourth-order valence-corrected chi connectivity index (χ4v) is 3.06. The Morgan fingerprint density at radius 2 is 1.96 bits per heavy atom. The van der Waals surface area contributed by atoms with Crippen molar-refractivity contribution in [1.29, 1.82) is 0 Å². The van der Waals surface area contributed by atoms with E-state index >= 15 is 0 Å². The van der Waals surface area contributed by atoms with E-state index in [9.17, 15) is 9.59 Å². The van der Waals surface area contributed by atoms with Gasteiger partial charge in [-0.25, -0.2) is 0 Å². The minimum Gasteiger partial charge on any atom is -0.376 e. The predicted molar refractivity (Wildman–Crippen MR) is 92.5 cm³/mol. The van der Waals surface area contributed by atoms with E-state index in [-0.39, 0.29) is 24.4 Å². The average Bonchev–Trinajstić information content (AvgIpc) is 2.54. The number of hydrogen-bond donors (Lipinski definition) is 2. The lowest BCUT2D eigenvalue weighted by Gasteiger charge is -2.31. The Labute approximate surface area is 138 Å². The van der Waals surface area contributed by atoms with E-state index < -0.39 is 0 Å². The van der Waals surface area contributed by atoms with E-state index in [1.54, 1.807) is 6.92 Å². The van der Waals surface area contributed by atoms with Crippen LogP contribution in [0.25, 0.3) is 0 Å². The highest BCUT2D eigenvalue weighted by atomic mass is 16.2. The molecular formula is C18H27N3O2. The summed E-state index contributed by atoms with van der Waals surface area (Å²) >= 11 is 0. The second-order valence-electron chi connectivity index (χ2n) is 6.16. The summed E-state index contributed by atoms with van der Waals surface area (Å²) < 4.78 is 0. The number of rotatable bonds is 5. The maximum atomic E-state index is 12.2. The lowest BCUT2D eigenvalue weighted by Crippen LogP contribution is -2.47. The maximum Gasteiger partial charge on any atom is 0.239 e.